The van der Waals surface area contributed by atoms with Gasteiger partial charge in [0.05, 0.1) is 6.54 Å². The average molecular weight is 395 g/mol. The van der Waals surface area contributed by atoms with Gasteiger partial charge in [0, 0.05) is 18.3 Å². The molecule has 28 heavy (non-hydrogen) atoms. The van der Waals surface area contributed by atoms with Crippen LogP contribution in [0, 0.1) is 13.8 Å². The standard InChI is InChI=1S/C22H26N4OS/c1-15(2)26(19-11-7-17(4)8-12-19)14-20-24-25-22(28-20)21(27)23-13-18-9-5-16(3)6-10-18/h5-12,15H,13-14H2,1-4H3,(H,23,27). The number of hydrogen-bond donors (Lipinski definition) is 1. The van der Waals surface area contributed by atoms with Gasteiger partial charge < -0.3 is 10.2 Å². The minimum Gasteiger partial charge on any atom is -0.362 e. The van der Waals surface area contributed by atoms with Crippen molar-refractivity contribution in [2.24, 2.45) is 0 Å². The third kappa shape index (κ3) is 5.16. The largest absolute Gasteiger partial charge is 0.362 e. The van der Waals surface area contributed by atoms with E-state index in [2.05, 4.69) is 65.5 Å². The van der Waals surface area contributed by atoms with Crippen LogP contribution in [-0.2, 0) is 13.1 Å². The van der Waals surface area contributed by atoms with Gasteiger partial charge in [0.25, 0.3) is 5.91 Å². The van der Waals surface area contributed by atoms with E-state index in [0.717, 1.165) is 16.3 Å². The minimum absolute atomic E-state index is 0.184. The molecule has 0 saturated carbocycles. The van der Waals surface area contributed by atoms with Crippen LogP contribution in [0.3, 0.4) is 0 Å². The first-order valence-corrected chi connectivity index (χ1v) is 10.2. The molecule has 1 aromatic heterocycles. The first-order valence-electron chi connectivity index (χ1n) is 9.42. The molecule has 0 aliphatic rings. The summed E-state index contributed by atoms with van der Waals surface area (Å²) >= 11 is 1.35. The van der Waals surface area contributed by atoms with E-state index >= 15 is 0 Å². The van der Waals surface area contributed by atoms with E-state index in [4.69, 9.17) is 0 Å². The summed E-state index contributed by atoms with van der Waals surface area (Å²) in [5, 5.41) is 12.5. The van der Waals surface area contributed by atoms with Crippen LogP contribution < -0.4 is 10.2 Å². The molecule has 3 rings (SSSR count). The van der Waals surface area contributed by atoms with E-state index in [9.17, 15) is 4.79 Å². The maximum Gasteiger partial charge on any atom is 0.282 e. The molecule has 0 aliphatic carbocycles. The summed E-state index contributed by atoms with van der Waals surface area (Å²) in [6.45, 7) is 9.53. The smallest absolute Gasteiger partial charge is 0.282 e. The van der Waals surface area contributed by atoms with Crippen LogP contribution in [0.25, 0.3) is 0 Å². The molecule has 0 bridgehead atoms. The Morgan fingerprint density at radius 1 is 1.00 bits per heavy atom. The predicted molar refractivity (Wildman–Crippen MR) is 115 cm³/mol. The number of benzene rings is 2. The van der Waals surface area contributed by atoms with Crippen LogP contribution in [-0.4, -0.2) is 22.1 Å². The Kier molecular flexibility index (Phi) is 6.41. The Hall–Kier alpha value is -2.73. The van der Waals surface area contributed by atoms with Crippen molar-refractivity contribution in [2.45, 2.75) is 46.8 Å². The molecule has 0 atom stereocenters. The zero-order valence-electron chi connectivity index (χ0n) is 16.8. The van der Waals surface area contributed by atoms with Gasteiger partial charge in [-0.25, -0.2) is 0 Å². The number of aryl methyl sites for hydroxylation is 2. The molecular weight excluding hydrogens is 368 g/mol. The van der Waals surface area contributed by atoms with Crippen molar-refractivity contribution < 1.29 is 4.79 Å². The highest BCUT2D eigenvalue weighted by Crippen LogP contribution is 2.22. The number of amides is 1. The summed E-state index contributed by atoms with van der Waals surface area (Å²) in [4.78, 5) is 14.7. The van der Waals surface area contributed by atoms with Crippen molar-refractivity contribution in [2.75, 3.05) is 4.90 Å². The van der Waals surface area contributed by atoms with Crippen molar-refractivity contribution in [3.8, 4) is 0 Å². The third-order valence-corrected chi connectivity index (χ3v) is 5.44. The lowest BCUT2D eigenvalue weighted by Gasteiger charge is -2.28. The topological polar surface area (TPSA) is 58.1 Å². The summed E-state index contributed by atoms with van der Waals surface area (Å²) in [7, 11) is 0. The molecule has 0 saturated heterocycles. The molecule has 6 heteroatoms. The molecule has 0 fully saturated rings. The number of hydrogen-bond acceptors (Lipinski definition) is 5. The highest BCUT2D eigenvalue weighted by atomic mass is 32.1. The molecule has 0 spiro atoms. The van der Waals surface area contributed by atoms with Gasteiger partial charge in [-0.2, -0.15) is 0 Å². The molecule has 5 nitrogen and oxygen atoms in total. The van der Waals surface area contributed by atoms with Gasteiger partial charge in [0.2, 0.25) is 5.01 Å². The SMILES string of the molecule is Cc1ccc(CNC(=O)c2nnc(CN(c3ccc(C)cc3)C(C)C)s2)cc1. The number of nitrogens with zero attached hydrogens (tertiary/aromatic N) is 3. The summed E-state index contributed by atoms with van der Waals surface area (Å²) in [5.41, 5.74) is 4.64. The number of aromatic nitrogens is 2. The Balaban J connectivity index is 1.64. The van der Waals surface area contributed by atoms with Gasteiger partial charge >= 0.3 is 0 Å². The molecule has 1 N–H and O–H groups in total. The summed E-state index contributed by atoms with van der Waals surface area (Å²) < 4.78 is 0. The van der Waals surface area contributed by atoms with Crippen LogP contribution in [0.4, 0.5) is 5.69 Å². The zero-order chi connectivity index (χ0) is 20.1. The lowest BCUT2D eigenvalue weighted by atomic mass is 10.1. The quantitative estimate of drug-likeness (QED) is 0.641. The number of carbonyl (C=O) groups excluding carboxylic acids is 1. The van der Waals surface area contributed by atoms with E-state index in [1.165, 1.54) is 22.5 Å². The first kappa shape index (κ1) is 20.0. The first-order chi connectivity index (χ1) is 13.4. The maximum atomic E-state index is 12.4. The van der Waals surface area contributed by atoms with E-state index in [0.29, 0.717) is 24.1 Å². The lowest BCUT2D eigenvalue weighted by Crippen LogP contribution is -2.30. The fourth-order valence-corrected chi connectivity index (χ4v) is 3.58. The normalized spacial score (nSPS) is 10.9. The van der Waals surface area contributed by atoms with Gasteiger partial charge in [0.1, 0.15) is 5.01 Å². The van der Waals surface area contributed by atoms with Crippen molar-refractivity contribution in [1.82, 2.24) is 15.5 Å². The molecule has 1 amide bonds. The highest BCUT2D eigenvalue weighted by Gasteiger charge is 2.17. The number of rotatable bonds is 7. The van der Waals surface area contributed by atoms with Crippen LogP contribution in [0.1, 0.15) is 45.3 Å². The second-order valence-corrected chi connectivity index (χ2v) is 8.29. The third-order valence-electron chi connectivity index (χ3n) is 4.53. The maximum absolute atomic E-state index is 12.4. The Bertz CT molecular complexity index is 916. The predicted octanol–water partition coefficient (Wildman–Crippen LogP) is 4.50. The van der Waals surface area contributed by atoms with E-state index in [-0.39, 0.29) is 5.91 Å². The van der Waals surface area contributed by atoms with Gasteiger partial charge in [-0.1, -0.05) is 58.9 Å². The Morgan fingerprint density at radius 2 is 1.61 bits per heavy atom. The number of anilines is 1. The van der Waals surface area contributed by atoms with Crippen LogP contribution in [0.5, 0.6) is 0 Å². The average Bonchev–Trinajstić information content (AvgIpc) is 3.15. The fraction of sp³-hybridized carbons (Fsp3) is 0.318. The molecular formula is C22H26N4OS. The van der Waals surface area contributed by atoms with Crippen molar-refractivity contribution in [3.63, 3.8) is 0 Å². The fourth-order valence-electron chi connectivity index (χ4n) is 2.83. The van der Waals surface area contributed by atoms with Gasteiger partial charge in [-0.15, -0.1) is 10.2 Å². The molecule has 3 aromatic rings. The Labute approximate surface area is 170 Å². The van der Waals surface area contributed by atoms with Gasteiger partial charge in [-0.3, -0.25) is 4.79 Å². The molecule has 0 radical (unpaired) electrons. The monoisotopic (exact) mass is 394 g/mol. The van der Waals surface area contributed by atoms with Crippen LogP contribution in [0.2, 0.25) is 0 Å². The molecule has 146 valence electrons. The zero-order valence-corrected chi connectivity index (χ0v) is 17.6. The van der Waals surface area contributed by atoms with E-state index < -0.39 is 0 Å². The number of nitrogens with one attached hydrogen (secondary N) is 1. The molecule has 1 heterocycles. The van der Waals surface area contributed by atoms with E-state index in [1.807, 2.05) is 31.2 Å². The van der Waals surface area contributed by atoms with Crippen molar-refractivity contribution in [1.29, 1.82) is 0 Å². The summed E-state index contributed by atoms with van der Waals surface area (Å²) in [6, 6.07) is 16.9. The van der Waals surface area contributed by atoms with E-state index in [1.54, 1.807) is 0 Å². The van der Waals surface area contributed by atoms with Crippen LogP contribution >= 0.6 is 11.3 Å². The van der Waals surface area contributed by atoms with Gasteiger partial charge in [0.15, 0.2) is 0 Å². The van der Waals surface area contributed by atoms with Crippen LogP contribution in [0.15, 0.2) is 48.5 Å². The second-order valence-electron chi connectivity index (χ2n) is 7.23. The van der Waals surface area contributed by atoms with Gasteiger partial charge in [-0.05, 0) is 45.4 Å². The lowest BCUT2D eigenvalue weighted by molar-refractivity contribution is 0.0950. The summed E-state index contributed by atoms with van der Waals surface area (Å²) in [6.07, 6.45) is 0. The minimum atomic E-state index is -0.184. The second kappa shape index (κ2) is 8.97. The van der Waals surface area contributed by atoms with Crippen molar-refractivity contribution in [3.05, 3.63) is 75.2 Å². The number of carbonyl (C=O) groups is 1. The van der Waals surface area contributed by atoms with Crippen molar-refractivity contribution >= 4 is 22.9 Å². The Morgan fingerprint density at radius 3 is 2.21 bits per heavy atom. The summed E-state index contributed by atoms with van der Waals surface area (Å²) in [5.74, 6) is -0.184. The molecule has 0 unspecified atom stereocenters. The molecule has 2 aromatic carbocycles. The molecule has 0 aliphatic heterocycles. The highest BCUT2D eigenvalue weighted by molar-refractivity contribution is 7.13.